The number of hydrogen-bond donors (Lipinski definition) is 0. The number of esters is 1. The number of alkyl halides is 1. The summed E-state index contributed by atoms with van der Waals surface area (Å²) in [4.78, 5) is 11.2. The Balaban J connectivity index is 2.22. The molecule has 0 N–H and O–H groups in total. The minimum atomic E-state index is -0.0690. The van der Waals surface area contributed by atoms with E-state index < -0.39 is 0 Å². The fourth-order valence-electron chi connectivity index (χ4n) is 1.78. The maximum absolute atomic E-state index is 11.2. The van der Waals surface area contributed by atoms with Crippen LogP contribution in [0.4, 0.5) is 0 Å². The highest BCUT2D eigenvalue weighted by Gasteiger charge is 2.34. The lowest BCUT2D eigenvalue weighted by Gasteiger charge is -2.14. The Bertz CT molecular complexity index is 323. The van der Waals surface area contributed by atoms with E-state index >= 15 is 0 Å². The fourth-order valence-corrected chi connectivity index (χ4v) is 2.58. The Morgan fingerprint density at radius 2 is 2.07 bits per heavy atom. The molecule has 74 valence electrons. The van der Waals surface area contributed by atoms with E-state index in [-0.39, 0.29) is 18.0 Å². The van der Waals surface area contributed by atoms with Gasteiger partial charge in [0.15, 0.2) is 0 Å². The van der Waals surface area contributed by atoms with Gasteiger partial charge in [-0.3, -0.25) is 4.79 Å². The number of carbonyl (C=O) groups excluding carboxylic acids is 1. The Labute approximate surface area is 96.8 Å². The molecule has 0 radical (unpaired) electrons. The maximum atomic E-state index is 11.2. The zero-order chi connectivity index (χ0) is 9.97. The molecule has 3 heteroatoms. The van der Waals surface area contributed by atoms with Gasteiger partial charge in [-0.1, -0.05) is 52.9 Å². The highest BCUT2D eigenvalue weighted by molar-refractivity contribution is 14.1. The van der Waals surface area contributed by atoms with E-state index in [4.69, 9.17) is 4.74 Å². The van der Waals surface area contributed by atoms with Crippen LogP contribution in [-0.4, -0.2) is 16.5 Å². The van der Waals surface area contributed by atoms with Crippen LogP contribution in [0.2, 0.25) is 0 Å². The smallest absolute Gasteiger partial charge is 0.306 e. The second-order valence-electron chi connectivity index (χ2n) is 3.40. The average molecular weight is 302 g/mol. The number of ether oxygens (including phenoxy) is 1. The molecule has 1 aliphatic heterocycles. The van der Waals surface area contributed by atoms with Crippen LogP contribution in [0.1, 0.15) is 17.9 Å². The van der Waals surface area contributed by atoms with Crippen LogP contribution in [0.25, 0.3) is 0 Å². The van der Waals surface area contributed by atoms with Crippen molar-refractivity contribution in [1.29, 1.82) is 0 Å². The molecule has 0 amide bonds. The molecule has 0 bridgehead atoms. The summed E-state index contributed by atoms with van der Waals surface area (Å²) in [7, 11) is 0. The van der Waals surface area contributed by atoms with Crippen LogP contribution >= 0.6 is 22.6 Å². The van der Waals surface area contributed by atoms with E-state index in [0.29, 0.717) is 6.42 Å². The van der Waals surface area contributed by atoms with Crippen molar-refractivity contribution in [3.8, 4) is 0 Å². The highest BCUT2D eigenvalue weighted by atomic mass is 127. The van der Waals surface area contributed by atoms with E-state index in [1.807, 2.05) is 18.2 Å². The molecule has 1 aromatic rings. The van der Waals surface area contributed by atoms with Crippen LogP contribution < -0.4 is 0 Å². The second kappa shape index (κ2) is 4.29. The molecular weight excluding hydrogens is 291 g/mol. The standard InChI is InChI=1S/C11H11IO2/c12-7-10-9(6-11(13)14-10)8-4-2-1-3-5-8/h1-5,9-10H,6-7H2. The van der Waals surface area contributed by atoms with Crippen molar-refractivity contribution < 1.29 is 9.53 Å². The highest BCUT2D eigenvalue weighted by Crippen LogP contribution is 2.32. The van der Waals surface area contributed by atoms with Crippen LogP contribution in [0.3, 0.4) is 0 Å². The van der Waals surface area contributed by atoms with Crippen molar-refractivity contribution in [3.05, 3.63) is 35.9 Å². The van der Waals surface area contributed by atoms with Gasteiger partial charge in [0.25, 0.3) is 0 Å². The van der Waals surface area contributed by atoms with E-state index in [2.05, 4.69) is 34.7 Å². The summed E-state index contributed by atoms with van der Waals surface area (Å²) in [5.74, 6) is 0.182. The van der Waals surface area contributed by atoms with E-state index in [1.54, 1.807) is 0 Å². The third-order valence-corrected chi connectivity index (χ3v) is 3.37. The third kappa shape index (κ3) is 1.92. The van der Waals surface area contributed by atoms with Gasteiger partial charge in [0, 0.05) is 10.3 Å². The molecule has 1 fully saturated rings. The molecule has 1 aliphatic rings. The van der Waals surface area contributed by atoms with Gasteiger partial charge in [0.05, 0.1) is 6.42 Å². The molecule has 1 aromatic carbocycles. The summed E-state index contributed by atoms with van der Waals surface area (Å²) in [5, 5.41) is 0. The molecule has 0 spiro atoms. The van der Waals surface area contributed by atoms with Gasteiger partial charge in [-0.15, -0.1) is 0 Å². The van der Waals surface area contributed by atoms with Crippen LogP contribution in [0, 0.1) is 0 Å². The molecule has 0 saturated carbocycles. The lowest BCUT2D eigenvalue weighted by Crippen LogP contribution is -2.15. The van der Waals surface area contributed by atoms with Gasteiger partial charge in [0.2, 0.25) is 0 Å². The summed E-state index contributed by atoms with van der Waals surface area (Å²) in [6.45, 7) is 0. The van der Waals surface area contributed by atoms with Crippen LogP contribution in [-0.2, 0) is 9.53 Å². The normalized spacial score (nSPS) is 26.2. The molecule has 2 nitrogen and oxygen atoms in total. The maximum Gasteiger partial charge on any atom is 0.306 e. The molecule has 1 heterocycles. The lowest BCUT2D eigenvalue weighted by atomic mass is 9.93. The molecule has 14 heavy (non-hydrogen) atoms. The van der Waals surface area contributed by atoms with Gasteiger partial charge in [-0.2, -0.15) is 0 Å². The Hall–Kier alpha value is -0.580. The van der Waals surface area contributed by atoms with Gasteiger partial charge >= 0.3 is 5.97 Å². The minimum Gasteiger partial charge on any atom is -0.461 e. The molecule has 0 aromatic heterocycles. The van der Waals surface area contributed by atoms with Crippen LogP contribution in [0.5, 0.6) is 0 Å². The predicted molar refractivity (Wildman–Crippen MR) is 62.6 cm³/mol. The summed E-state index contributed by atoms with van der Waals surface area (Å²) in [6.07, 6.45) is 0.586. The van der Waals surface area contributed by atoms with E-state index in [1.165, 1.54) is 5.56 Å². The van der Waals surface area contributed by atoms with Crippen molar-refractivity contribution in [2.45, 2.75) is 18.4 Å². The number of halogens is 1. The molecule has 1 saturated heterocycles. The van der Waals surface area contributed by atoms with E-state index in [9.17, 15) is 4.79 Å². The largest absolute Gasteiger partial charge is 0.461 e. The molecule has 2 unspecified atom stereocenters. The molecule has 0 aliphatic carbocycles. The van der Waals surface area contributed by atoms with E-state index in [0.717, 1.165) is 4.43 Å². The fraction of sp³-hybridized carbons (Fsp3) is 0.364. The number of benzene rings is 1. The number of hydrogen-bond acceptors (Lipinski definition) is 2. The number of carbonyl (C=O) groups is 1. The molecular formula is C11H11IO2. The first-order valence-electron chi connectivity index (χ1n) is 4.61. The lowest BCUT2D eigenvalue weighted by molar-refractivity contribution is -0.140. The van der Waals surface area contributed by atoms with Crippen molar-refractivity contribution in [3.63, 3.8) is 0 Å². The average Bonchev–Trinajstić information content (AvgIpc) is 2.61. The second-order valence-corrected chi connectivity index (χ2v) is 4.28. The first-order valence-corrected chi connectivity index (χ1v) is 6.14. The summed E-state index contributed by atoms with van der Waals surface area (Å²) < 4.78 is 6.10. The SMILES string of the molecule is O=C1CC(c2ccccc2)C(CI)O1. The summed E-state index contributed by atoms with van der Waals surface area (Å²) >= 11 is 2.26. The van der Waals surface area contributed by atoms with Crippen molar-refractivity contribution in [1.82, 2.24) is 0 Å². The van der Waals surface area contributed by atoms with Crippen LogP contribution in [0.15, 0.2) is 30.3 Å². The molecule has 2 rings (SSSR count). The topological polar surface area (TPSA) is 26.3 Å². The number of rotatable bonds is 2. The summed E-state index contributed by atoms with van der Waals surface area (Å²) in [6, 6.07) is 10.1. The quantitative estimate of drug-likeness (QED) is 0.477. The van der Waals surface area contributed by atoms with Crippen molar-refractivity contribution in [2.75, 3.05) is 4.43 Å². The van der Waals surface area contributed by atoms with Gasteiger partial charge in [-0.25, -0.2) is 0 Å². The summed E-state index contributed by atoms with van der Waals surface area (Å²) in [5.41, 5.74) is 1.21. The monoisotopic (exact) mass is 302 g/mol. The van der Waals surface area contributed by atoms with Crippen molar-refractivity contribution >= 4 is 28.6 Å². The Morgan fingerprint density at radius 3 is 2.71 bits per heavy atom. The Morgan fingerprint density at radius 1 is 1.36 bits per heavy atom. The first-order chi connectivity index (χ1) is 6.81. The Kier molecular flexibility index (Phi) is 3.05. The van der Waals surface area contributed by atoms with Gasteiger partial charge in [0.1, 0.15) is 6.10 Å². The predicted octanol–water partition coefficient (Wildman–Crippen LogP) is 2.52. The van der Waals surface area contributed by atoms with Gasteiger partial charge in [-0.05, 0) is 5.56 Å². The zero-order valence-corrected chi connectivity index (χ0v) is 9.81. The molecule has 2 atom stereocenters. The minimum absolute atomic E-state index is 0.0606. The first kappa shape index (κ1) is 9.96. The zero-order valence-electron chi connectivity index (χ0n) is 7.65. The number of cyclic esters (lactones) is 1. The van der Waals surface area contributed by atoms with Crippen molar-refractivity contribution in [2.24, 2.45) is 0 Å². The van der Waals surface area contributed by atoms with Gasteiger partial charge < -0.3 is 4.74 Å². The third-order valence-electron chi connectivity index (χ3n) is 2.50.